The van der Waals surface area contributed by atoms with Crippen LogP contribution < -0.4 is 4.90 Å². The summed E-state index contributed by atoms with van der Waals surface area (Å²) in [5.41, 5.74) is 12.0. The van der Waals surface area contributed by atoms with E-state index in [2.05, 4.69) is 46.3 Å². The van der Waals surface area contributed by atoms with Gasteiger partial charge >= 0.3 is 0 Å². The molecule has 182 valence electrons. The Labute approximate surface area is 214 Å². The monoisotopic (exact) mass is 487 g/mol. The van der Waals surface area contributed by atoms with Crippen LogP contribution in [-0.4, -0.2) is 34.0 Å². The first-order valence-corrected chi connectivity index (χ1v) is 12.6. The van der Waals surface area contributed by atoms with Crippen LogP contribution in [0.1, 0.15) is 36.1 Å². The molecule has 0 saturated heterocycles. The Balaban J connectivity index is 1.38. The fourth-order valence-corrected chi connectivity index (χ4v) is 5.74. The first-order valence-electron chi connectivity index (χ1n) is 12.6. The van der Waals surface area contributed by atoms with Gasteiger partial charge in [0.15, 0.2) is 0 Å². The lowest BCUT2D eigenvalue weighted by atomic mass is 9.83. The molecule has 1 fully saturated rings. The number of aromatic amines is 1. The highest BCUT2D eigenvalue weighted by molar-refractivity contribution is 5.99. The minimum Gasteiger partial charge on any atom is -0.376 e. The number of hydrogen-bond acceptors (Lipinski definition) is 4. The van der Waals surface area contributed by atoms with Gasteiger partial charge in [-0.25, -0.2) is 4.39 Å². The van der Waals surface area contributed by atoms with E-state index in [-0.39, 0.29) is 5.82 Å². The summed E-state index contributed by atoms with van der Waals surface area (Å²) in [5.74, 6) is 0.746. The van der Waals surface area contributed by atoms with Crippen LogP contribution in [0.25, 0.3) is 38.9 Å². The zero-order chi connectivity index (χ0) is 25.3. The smallest absolute Gasteiger partial charge is 0.123 e. The molecule has 0 amide bonds. The number of rotatable bonds is 4. The van der Waals surface area contributed by atoms with Gasteiger partial charge in [0, 0.05) is 60.5 Å². The zero-order valence-electron chi connectivity index (χ0n) is 21.0. The van der Waals surface area contributed by atoms with Crippen molar-refractivity contribution in [1.82, 2.24) is 19.9 Å². The van der Waals surface area contributed by atoms with Crippen molar-refractivity contribution in [1.29, 1.82) is 0 Å². The predicted octanol–water partition coefficient (Wildman–Crippen LogP) is 6.83. The van der Waals surface area contributed by atoms with Crippen LogP contribution in [0.15, 0.2) is 79.0 Å². The molecule has 7 rings (SSSR count). The Hall–Kier alpha value is -4.32. The first kappa shape index (κ1) is 21.9. The van der Waals surface area contributed by atoms with Crippen molar-refractivity contribution < 1.29 is 4.39 Å². The van der Waals surface area contributed by atoms with E-state index in [4.69, 9.17) is 4.98 Å². The molecule has 0 bridgehead atoms. The quantitative estimate of drug-likeness (QED) is 0.302. The van der Waals surface area contributed by atoms with Crippen LogP contribution in [0, 0.1) is 11.7 Å². The van der Waals surface area contributed by atoms with Crippen LogP contribution in [0.4, 0.5) is 10.1 Å². The molecule has 2 atom stereocenters. The Morgan fingerprint density at radius 1 is 0.919 bits per heavy atom. The van der Waals surface area contributed by atoms with E-state index in [1.807, 2.05) is 49.8 Å². The molecule has 1 N–H and O–H groups in total. The van der Waals surface area contributed by atoms with Gasteiger partial charge in [-0.3, -0.25) is 15.0 Å². The number of nitrogens with one attached hydrogen (secondary N) is 1. The molecule has 5 aromatic rings. The van der Waals surface area contributed by atoms with Crippen molar-refractivity contribution in [3.05, 3.63) is 102 Å². The third kappa shape index (κ3) is 3.55. The van der Waals surface area contributed by atoms with E-state index < -0.39 is 0 Å². The standard InChI is InChI=1S/C31H26FN5/c1-17-22-9-24(22)31(25-11-28(35-15-26(17)25)19-8-21(37(2)3)13-33-12-19)29-10-23-27(14-34-16-30(23)36-29)18-5-4-6-20(32)7-18/h4-8,10-17,22,36H,9H2,1-3H3/t17-,22?/m1/s1. The zero-order valence-corrected chi connectivity index (χ0v) is 21.0. The summed E-state index contributed by atoms with van der Waals surface area (Å²) in [6.07, 6.45) is 10.6. The van der Waals surface area contributed by atoms with Gasteiger partial charge in [0.2, 0.25) is 0 Å². The maximum absolute atomic E-state index is 14.0. The van der Waals surface area contributed by atoms with Gasteiger partial charge in [-0.05, 0) is 65.3 Å². The molecule has 2 aliphatic carbocycles. The second-order valence-corrected chi connectivity index (χ2v) is 10.3. The molecule has 5 nitrogen and oxygen atoms in total. The van der Waals surface area contributed by atoms with Crippen molar-refractivity contribution in [2.24, 2.45) is 5.92 Å². The first-order chi connectivity index (χ1) is 18.0. The maximum atomic E-state index is 14.0. The van der Waals surface area contributed by atoms with Crippen LogP contribution in [-0.2, 0) is 0 Å². The number of anilines is 1. The maximum Gasteiger partial charge on any atom is 0.123 e. The molecular weight excluding hydrogens is 461 g/mol. The number of hydrogen-bond donors (Lipinski definition) is 1. The molecule has 0 radical (unpaired) electrons. The van der Waals surface area contributed by atoms with E-state index >= 15 is 0 Å². The summed E-state index contributed by atoms with van der Waals surface area (Å²) in [6.45, 7) is 2.31. The van der Waals surface area contributed by atoms with Gasteiger partial charge in [0.1, 0.15) is 5.82 Å². The lowest BCUT2D eigenvalue weighted by molar-refractivity contribution is 0.628. The van der Waals surface area contributed by atoms with Crippen LogP contribution in [0.5, 0.6) is 0 Å². The van der Waals surface area contributed by atoms with Gasteiger partial charge < -0.3 is 9.88 Å². The number of fused-ring (bicyclic) bond motifs is 3. The molecule has 1 saturated carbocycles. The Kier molecular flexibility index (Phi) is 4.80. The SMILES string of the molecule is C[C@H]1c2cnc(-c3cncc(N(C)C)c3)cc2C(c2cc3c(-c4cccc(F)c4)cncc3[nH]2)=C2CC21. The second kappa shape index (κ2) is 8.10. The highest BCUT2D eigenvalue weighted by Gasteiger charge is 2.44. The lowest BCUT2D eigenvalue weighted by Gasteiger charge is -2.23. The van der Waals surface area contributed by atoms with Crippen molar-refractivity contribution in [3.8, 4) is 22.4 Å². The predicted molar refractivity (Wildman–Crippen MR) is 146 cm³/mol. The molecular formula is C31H26FN5. The third-order valence-electron chi connectivity index (χ3n) is 7.83. The number of pyridine rings is 3. The molecule has 1 unspecified atom stereocenters. The van der Waals surface area contributed by atoms with Crippen molar-refractivity contribution in [2.45, 2.75) is 19.3 Å². The summed E-state index contributed by atoms with van der Waals surface area (Å²) in [6, 6.07) is 13.2. The van der Waals surface area contributed by atoms with Gasteiger partial charge in [-0.15, -0.1) is 0 Å². The summed E-state index contributed by atoms with van der Waals surface area (Å²) >= 11 is 0. The van der Waals surface area contributed by atoms with E-state index in [1.54, 1.807) is 12.1 Å². The highest BCUT2D eigenvalue weighted by Crippen LogP contribution is 2.58. The van der Waals surface area contributed by atoms with E-state index in [0.717, 1.165) is 51.1 Å². The molecule has 37 heavy (non-hydrogen) atoms. The fraction of sp³-hybridized carbons (Fsp3) is 0.194. The average Bonchev–Trinajstić information content (AvgIpc) is 3.59. The highest BCUT2D eigenvalue weighted by atomic mass is 19.1. The summed E-state index contributed by atoms with van der Waals surface area (Å²) in [4.78, 5) is 19.4. The largest absolute Gasteiger partial charge is 0.376 e. The van der Waals surface area contributed by atoms with Crippen molar-refractivity contribution in [2.75, 3.05) is 19.0 Å². The third-order valence-corrected chi connectivity index (χ3v) is 7.83. The van der Waals surface area contributed by atoms with Crippen LogP contribution in [0.2, 0.25) is 0 Å². The number of aromatic nitrogens is 4. The minimum absolute atomic E-state index is 0.251. The van der Waals surface area contributed by atoms with Gasteiger partial charge in [0.25, 0.3) is 0 Å². The number of H-pyrrole nitrogens is 1. The van der Waals surface area contributed by atoms with E-state index in [0.29, 0.717) is 11.8 Å². The molecule has 0 aliphatic heterocycles. The Morgan fingerprint density at radius 2 is 1.78 bits per heavy atom. The molecule has 4 aromatic heterocycles. The Morgan fingerprint density at radius 3 is 2.62 bits per heavy atom. The minimum atomic E-state index is -0.251. The van der Waals surface area contributed by atoms with Gasteiger partial charge in [-0.1, -0.05) is 24.6 Å². The Bertz CT molecular complexity index is 1730. The number of halogens is 1. The van der Waals surface area contributed by atoms with Gasteiger partial charge in [-0.2, -0.15) is 0 Å². The molecule has 2 aliphatic rings. The molecule has 6 heteroatoms. The van der Waals surface area contributed by atoms with E-state index in [1.165, 1.54) is 28.3 Å². The molecule has 4 heterocycles. The number of allylic oxidation sites excluding steroid dienone is 1. The van der Waals surface area contributed by atoms with Crippen LogP contribution >= 0.6 is 0 Å². The molecule has 0 spiro atoms. The van der Waals surface area contributed by atoms with E-state index in [9.17, 15) is 4.39 Å². The lowest BCUT2D eigenvalue weighted by Crippen LogP contribution is -2.10. The number of benzene rings is 1. The number of nitrogens with zero attached hydrogens (tertiary/aromatic N) is 4. The average molecular weight is 488 g/mol. The summed E-state index contributed by atoms with van der Waals surface area (Å²) in [7, 11) is 4.03. The molecule has 1 aromatic carbocycles. The normalized spacial score (nSPS) is 18.1. The summed E-state index contributed by atoms with van der Waals surface area (Å²) in [5, 5.41) is 1.04. The van der Waals surface area contributed by atoms with Crippen molar-refractivity contribution in [3.63, 3.8) is 0 Å². The summed E-state index contributed by atoms with van der Waals surface area (Å²) < 4.78 is 14.0. The second-order valence-electron chi connectivity index (χ2n) is 10.3. The van der Waals surface area contributed by atoms with Crippen molar-refractivity contribution >= 4 is 22.2 Å². The van der Waals surface area contributed by atoms with Gasteiger partial charge in [0.05, 0.1) is 29.3 Å². The fourth-order valence-electron chi connectivity index (χ4n) is 5.74. The topological polar surface area (TPSA) is 57.7 Å². The van der Waals surface area contributed by atoms with Crippen LogP contribution in [0.3, 0.4) is 0 Å².